The Kier molecular flexibility index (Phi) is 4.90. The Morgan fingerprint density at radius 3 is 2.43 bits per heavy atom. The van der Waals surface area contributed by atoms with Gasteiger partial charge in [0.15, 0.2) is 0 Å². The molecule has 2 heteroatoms. The Morgan fingerprint density at radius 2 is 1.93 bits per heavy atom. The summed E-state index contributed by atoms with van der Waals surface area (Å²) in [6.45, 7) is 5.63. The Hall–Kier alpha value is -0.0800. The first-order valence-corrected chi connectivity index (χ1v) is 6.08. The number of nitrogens with one attached hydrogen (secondary N) is 1. The molecule has 0 saturated heterocycles. The average Bonchev–Trinajstić information content (AvgIpc) is 2.18. The van der Waals surface area contributed by atoms with Gasteiger partial charge in [-0.3, -0.25) is 0 Å². The van der Waals surface area contributed by atoms with Crippen LogP contribution in [0.1, 0.15) is 39.5 Å². The Balaban J connectivity index is 2.51. The van der Waals surface area contributed by atoms with Crippen LogP contribution in [0, 0.1) is 5.92 Å². The topological polar surface area (TPSA) is 15.3 Å². The normalized spacial score (nSPS) is 33.6. The molecular weight excluding hydrogens is 172 g/mol. The van der Waals surface area contributed by atoms with Gasteiger partial charge < -0.3 is 10.2 Å². The van der Waals surface area contributed by atoms with Gasteiger partial charge in [-0.25, -0.2) is 0 Å². The monoisotopic (exact) mass is 198 g/mol. The van der Waals surface area contributed by atoms with Crippen LogP contribution in [0.5, 0.6) is 0 Å². The summed E-state index contributed by atoms with van der Waals surface area (Å²) in [4.78, 5) is 2.40. The molecule has 14 heavy (non-hydrogen) atoms. The van der Waals surface area contributed by atoms with Crippen LogP contribution in [-0.2, 0) is 0 Å². The molecule has 1 aliphatic rings. The predicted octanol–water partition coefficient (Wildman–Crippen LogP) is 2.10. The molecule has 1 N–H and O–H groups in total. The van der Waals surface area contributed by atoms with E-state index < -0.39 is 0 Å². The van der Waals surface area contributed by atoms with Crippen molar-refractivity contribution in [3.63, 3.8) is 0 Å². The number of hydrogen-bond acceptors (Lipinski definition) is 2. The van der Waals surface area contributed by atoms with Gasteiger partial charge >= 0.3 is 0 Å². The van der Waals surface area contributed by atoms with Gasteiger partial charge in [0.1, 0.15) is 0 Å². The van der Waals surface area contributed by atoms with Crippen LogP contribution in [0.25, 0.3) is 0 Å². The van der Waals surface area contributed by atoms with Crippen molar-refractivity contribution < 1.29 is 0 Å². The maximum atomic E-state index is 3.62. The van der Waals surface area contributed by atoms with Gasteiger partial charge in [-0.05, 0) is 45.8 Å². The maximum absolute atomic E-state index is 3.62. The van der Waals surface area contributed by atoms with Gasteiger partial charge in [0.25, 0.3) is 0 Å². The third-order valence-corrected chi connectivity index (χ3v) is 3.63. The summed E-state index contributed by atoms with van der Waals surface area (Å²) in [6.07, 6.45) is 5.50. The van der Waals surface area contributed by atoms with E-state index in [9.17, 15) is 0 Å². The fourth-order valence-corrected chi connectivity index (χ4v) is 2.67. The van der Waals surface area contributed by atoms with Crippen LogP contribution in [-0.4, -0.2) is 37.6 Å². The van der Waals surface area contributed by atoms with Crippen LogP contribution in [0.15, 0.2) is 0 Å². The van der Waals surface area contributed by atoms with Crippen molar-refractivity contribution >= 4 is 0 Å². The summed E-state index contributed by atoms with van der Waals surface area (Å²) < 4.78 is 0. The van der Waals surface area contributed by atoms with Gasteiger partial charge in [-0.2, -0.15) is 0 Å². The highest BCUT2D eigenvalue weighted by atomic mass is 15.1. The highest BCUT2D eigenvalue weighted by Gasteiger charge is 2.30. The van der Waals surface area contributed by atoms with E-state index in [-0.39, 0.29) is 0 Å². The summed E-state index contributed by atoms with van der Waals surface area (Å²) in [6, 6.07) is 1.46. The molecule has 0 spiro atoms. The molecule has 0 aromatic heterocycles. The fraction of sp³-hybridized carbons (Fsp3) is 1.00. The van der Waals surface area contributed by atoms with Crippen molar-refractivity contribution in [2.45, 2.75) is 51.6 Å². The van der Waals surface area contributed by atoms with Gasteiger partial charge in [-0.15, -0.1) is 0 Å². The molecule has 84 valence electrons. The second-order valence-electron chi connectivity index (χ2n) is 4.78. The lowest BCUT2D eigenvalue weighted by molar-refractivity contribution is 0.140. The zero-order valence-electron chi connectivity index (χ0n) is 10.2. The number of nitrogens with zero attached hydrogens (tertiary/aromatic N) is 1. The molecule has 1 aliphatic carbocycles. The minimum Gasteiger partial charge on any atom is -0.313 e. The molecular formula is C12H26N2. The standard InChI is InChI=1S/C12H26N2/c1-5-10-7-8-11(13-6-2)12(9-10)14(3)4/h10-13H,5-9H2,1-4H3. The average molecular weight is 198 g/mol. The molecule has 1 saturated carbocycles. The molecule has 3 atom stereocenters. The quantitative estimate of drug-likeness (QED) is 0.744. The van der Waals surface area contributed by atoms with E-state index in [1.165, 1.54) is 25.7 Å². The maximum Gasteiger partial charge on any atom is 0.0245 e. The lowest BCUT2D eigenvalue weighted by atomic mass is 9.80. The van der Waals surface area contributed by atoms with Crippen molar-refractivity contribution in [2.75, 3.05) is 20.6 Å². The number of likely N-dealkylation sites (N-methyl/N-ethyl adjacent to an activating group) is 2. The summed E-state index contributed by atoms with van der Waals surface area (Å²) in [7, 11) is 4.43. The zero-order chi connectivity index (χ0) is 10.6. The molecule has 1 rings (SSSR count). The molecule has 0 aromatic carbocycles. The van der Waals surface area contributed by atoms with Crippen LogP contribution >= 0.6 is 0 Å². The van der Waals surface area contributed by atoms with Gasteiger partial charge in [0, 0.05) is 12.1 Å². The summed E-state index contributed by atoms with van der Waals surface area (Å²) in [5.74, 6) is 0.956. The fourth-order valence-electron chi connectivity index (χ4n) is 2.67. The van der Waals surface area contributed by atoms with Gasteiger partial charge in [0.05, 0.1) is 0 Å². The molecule has 1 fully saturated rings. The zero-order valence-corrected chi connectivity index (χ0v) is 10.2. The Labute approximate surface area is 89.1 Å². The van der Waals surface area contributed by atoms with Gasteiger partial charge in [0.2, 0.25) is 0 Å². The third-order valence-electron chi connectivity index (χ3n) is 3.63. The van der Waals surface area contributed by atoms with Crippen LogP contribution in [0.4, 0.5) is 0 Å². The largest absolute Gasteiger partial charge is 0.313 e. The van der Waals surface area contributed by atoms with Crippen molar-refractivity contribution in [1.82, 2.24) is 10.2 Å². The molecule has 2 nitrogen and oxygen atoms in total. The third kappa shape index (κ3) is 2.96. The lowest BCUT2D eigenvalue weighted by Crippen LogP contribution is -2.50. The molecule has 0 aliphatic heterocycles. The molecule has 3 unspecified atom stereocenters. The smallest absolute Gasteiger partial charge is 0.0245 e. The predicted molar refractivity (Wildman–Crippen MR) is 62.6 cm³/mol. The number of hydrogen-bond donors (Lipinski definition) is 1. The van der Waals surface area contributed by atoms with E-state index in [2.05, 4.69) is 38.2 Å². The van der Waals surface area contributed by atoms with E-state index in [1.54, 1.807) is 0 Å². The lowest BCUT2D eigenvalue weighted by Gasteiger charge is -2.40. The second-order valence-corrected chi connectivity index (χ2v) is 4.78. The van der Waals surface area contributed by atoms with E-state index in [0.717, 1.165) is 24.5 Å². The minimum absolute atomic E-state index is 0.720. The summed E-state index contributed by atoms with van der Waals surface area (Å²) in [5.41, 5.74) is 0. The van der Waals surface area contributed by atoms with Crippen molar-refractivity contribution in [3.8, 4) is 0 Å². The summed E-state index contributed by atoms with van der Waals surface area (Å²) in [5, 5.41) is 3.62. The number of rotatable bonds is 4. The minimum atomic E-state index is 0.720. The molecule has 0 radical (unpaired) electrons. The van der Waals surface area contributed by atoms with Crippen LogP contribution in [0.3, 0.4) is 0 Å². The highest BCUT2D eigenvalue weighted by molar-refractivity contribution is 4.88. The van der Waals surface area contributed by atoms with Gasteiger partial charge in [-0.1, -0.05) is 20.3 Å². The van der Waals surface area contributed by atoms with E-state index in [1.807, 2.05) is 0 Å². The van der Waals surface area contributed by atoms with Crippen LogP contribution < -0.4 is 5.32 Å². The molecule has 0 amide bonds. The van der Waals surface area contributed by atoms with Crippen LogP contribution in [0.2, 0.25) is 0 Å². The second kappa shape index (κ2) is 5.72. The van der Waals surface area contributed by atoms with E-state index in [0.29, 0.717) is 0 Å². The first-order valence-electron chi connectivity index (χ1n) is 6.08. The summed E-state index contributed by atoms with van der Waals surface area (Å²) >= 11 is 0. The van der Waals surface area contributed by atoms with Crippen molar-refractivity contribution in [1.29, 1.82) is 0 Å². The molecule has 0 bridgehead atoms. The first kappa shape index (κ1) is 12.0. The Bertz CT molecular complexity index is 156. The van der Waals surface area contributed by atoms with Crippen molar-refractivity contribution in [2.24, 2.45) is 5.92 Å². The SMILES string of the molecule is CCNC1CCC(CC)CC1N(C)C. The highest BCUT2D eigenvalue weighted by Crippen LogP contribution is 2.29. The molecule has 0 aromatic rings. The molecule has 0 heterocycles. The van der Waals surface area contributed by atoms with E-state index in [4.69, 9.17) is 0 Å². The first-order chi connectivity index (χ1) is 6.69. The van der Waals surface area contributed by atoms with Crippen molar-refractivity contribution in [3.05, 3.63) is 0 Å². The Morgan fingerprint density at radius 1 is 1.21 bits per heavy atom. The van der Waals surface area contributed by atoms with E-state index >= 15 is 0 Å².